The number of likely N-dealkylation sites (tertiary alicyclic amines) is 1. The largest absolute Gasteiger partial charge is 0.331 e. The van der Waals surface area contributed by atoms with Crippen LogP contribution in [-0.2, 0) is 16.6 Å². The summed E-state index contributed by atoms with van der Waals surface area (Å²) in [6.07, 6.45) is 1.79. The molecule has 0 bridgehead atoms. The van der Waals surface area contributed by atoms with Gasteiger partial charge in [-0.3, -0.25) is 0 Å². The van der Waals surface area contributed by atoms with E-state index in [-0.39, 0.29) is 6.04 Å². The number of nitrogens with one attached hydrogen (secondary N) is 2. The Kier molecular flexibility index (Phi) is 4.93. The van der Waals surface area contributed by atoms with Crippen LogP contribution in [0.1, 0.15) is 18.4 Å². The van der Waals surface area contributed by atoms with Gasteiger partial charge in [0.15, 0.2) is 0 Å². The predicted octanol–water partition coefficient (Wildman–Crippen LogP) is 1.27. The summed E-state index contributed by atoms with van der Waals surface area (Å²) in [7, 11) is -3.33. The van der Waals surface area contributed by atoms with Crippen molar-refractivity contribution in [3.05, 3.63) is 53.4 Å². The number of piperidine rings is 1. The molecule has 4 nitrogen and oxygen atoms in total. The van der Waals surface area contributed by atoms with Crippen LogP contribution in [0.15, 0.2) is 52.1 Å². The molecule has 0 spiro atoms. The van der Waals surface area contributed by atoms with Crippen molar-refractivity contribution in [1.82, 2.24) is 4.72 Å². The molecule has 1 aromatic heterocycles. The zero-order valence-electron chi connectivity index (χ0n) is 12.4. The van der Waals surface area contributed by atoms with Gasteiger partial charge in [-0.05, 0) is 11.4 Å². The van der Waals surface area contributed by atoms with Gasteiger partial charge in [0.1, 0.15) is 10.8 Å². The lowest BCUT2D eigenvalue weighted by molar-refractivity contribution is -0.918. The molecule has 0 unspecified atom stereocenters. The topological polar surface area (TPSA) is 50.6 Å². The first-order valence-electron chi connectivity index (χ1n) is 7.57. The van der Waals surface area contributed by atoms with E-state index >= 15 is 0 Å². The molecule has 0 atom stereocenters. The van der Waals surface area contributed by atoms with Gasteiger partial charge in [-0.2, -0.15) is 0 Å². The number of hydrogen-bond acceptors (Lipinski definition) is 3. The quantitative estimate of drug-likeness (QED) is 0.863. The smallest absolute Gasteiger partial charge is 0.250 e. The molecule has 6 heteroatoms. The first kappa shape index (κ1) is 15.7. The lowest BCUT2D eigenvalue weighted by Gasteiger charge is -2.29. The highest BCUT2D eigenvalue weighted by Gasteiger charge is 2.27. The molecular weight excluding hydrogens is 316 g/mol. The molecule has 1 fully saturated rings. The normalized spacial score (nSPS) is 22.5. The Morgan fingerprint density at radius 3 is 2.45 bits per heavy atom. The van der Waals surface area contributed by atoms with Crippen LogP contribution in [0.3, 0.4) is 0 Å². The zero-order valence-corrected chi connectivity index (χ0v) is 14.0. The molecule has 0 radical (unpaired) electrons. The maximum Gasteiger partial charge on any atom is 0.250 e. The SMILES string of the molecule is O=S(=O)(NC1CC[NH+](Cc2ccccc2)CC1)c1cccs1. The Balaban J connectivity index is 1.52. The minimum absolute atomic E-state index is 0.0617. The number of benzene rings is 1. The molecular formula is C16H21N2O2S2+. The second-order valence-electron chi connectivity index (χ2n) is 5.74. The molecule has 2 aromatic rings. The van der Waals surface area contributed by atoms with Gasteiger partial charge in [-0.25, -0.2) is 13.1 Å². The Labute approximate surface area is 135 Å². The maximum absolute atomic E-state index is 12.2. The van der Waals surface area contributed by atoms with Crippen LogP contribution in [-0.4, -0.2) is 27.5 Å². The van der Waals surface area contributed by atoms with Crippen LogP contribution in [0.2, 0.25) is 0 Å². The maximum atomic E-state index is 12.2. The highest BCUT2D eigenvalue weighted by Crippen LogP contribution is 2.17. The average molecular weight is 337 g/mol. The minimum atomic E-state index is -3.33. The molecule has 1 saturated heterocycles. The van der Waals surface area contributed by atoms with Crippen LogP contribution in [0, 0.1) is 0 Å². The van der Waals surface area contributed by atoms with E-state index in [9.17, 15) is 8.42 Å². The van der Waals surface area contributed by atoms with Gasteiger partial charge in [-0.1, -0.05) is 36.4 Å². The third-order valence-corrected chi connectivity index (χ3v) is 6.99. The Morgan fingerprint density at radius 1 is 1.09 bits per heavy atom. The van der Waals surface area contributed by atoms with Crippen molar-refractivity contribution < 1.29 is 13.3 Å². The fourth-order valence-electron chi connectivity index (χ4n) is 2.90. The second-order valence-corrected chi connectivity index (χ2v) is 8.63. The van der Waals surface area contributed by atoms with Crippen molar-refractivity contribution in [2.75, 3.05) is 13.1 Å². The fourth-order valence-corrected chi connectivity index (χ4v) is 5.21. The fraction of sp³-hybridized carbons (Fsp3) is 0.375. The lowest BCUT2D eigenvalue weighted by atomic mass is 10.1. The standard InChI is InChI=1S/C16H20N2O2S2/c19-22(20,16-7-4-12-21-16)17-15-8-10-18(11-9-15)13-14-5-2-1-3-6-14/h1-7,12,15,17H,8-11,13H2/p+1. The summed E-state index contributed by atoms with van der Waals surface area (Å²) >= 11 is 1.27. The van der Waals surface area contributed by atoms with E-state index < -0.39 is 10.0 Å². The molecule has 2 heterocycles. The summed E-state index contributed by atoms with van der Waals surface area (Å²) in [4.78, 5) is 1.53. The van der Waals surface area contributed by atoms with E-state index in [1.165, 1.54) is 21.8 Å². The van der Waals surface area contributed by atoms with Crippen molar-refractivity contribution in [1.29, 1.82) is 0 Å². The van der Waals surface area contributed by atoms with Gasteiger partial charge in [0.2, 0.25) is 10.0 Å². The summed E-state index contributed by atoms with van der Waals surface area (Å²) in [5, 5.41) is 1.79. The molecule has 3 rings (SSSR count). The molecule has 1 aromatic carbocycles. The summed E-state index contributed by atoms with van der Waals surface area (Å²) in [6, 6.07) is 14.0. The van der Waals surface area contributed by atoms with E-state index in [0.717, 1.165) is 32.5 Å². The number of quaternary nitrogens is 1. The second kappa shape index (κ2) is 6.91. The molecule has 1 aliphatic heterocycles. The van der Waals surface area contributed by atoms with Gasteiger partial charge in [0.25, 0.3) is 0 Å². The molecule has 22 heavy (non-hydrogen) atoms. The van der Waals surface area contributed by atoms with Gasteiger partial charge in [0, 0.05) is 24.4 Å². The zero-order chi connectivity index (χ0) is 15.4. The molecule has 1 aliphatic rings. The molecule has 0 aliphatic carbocycles. The van der Waals surface area contributed by atoms with E-state index in [4.69, 9.17) is 0 Å². The summed E-state index contributed by atoms with van der Waals surface area (Å²) in [6.45, 7) is 3.03. The first-order valence-corrected chi connectivity index (χ1v) is 9.93. The summed E-state index contributed by atoms with van der Waals surface area (Å²) < 4.78 is 27.7. The predicted molar refractivity (Wildman–Crippen MR) is 88.5 cm³/mol. The van der Waals surface area contributed by atoms with E-state index in [0.29, 0.717) is 4.21 Å². The minimum Gasteiger partial charge on any atom is -0.331 e. The van der Waals surface area contributed by atoms with Crippen molar-refractivity contribution >= 4 is 21.4 Å². The molecule has 2 N–H and O–H groups in total. The van der Waals surface area contributed by atoms with Crippen molar-refractivity contribution in [2.24, 2.45) is 0 Å². The average Bonchev–Trinajstić information content (AvgIpc) is 3.05. The number of hydrogen-bond donors (Lipinski definition) is 2. The number of sulfonamides is 1. The number of rotatable bonds is 5. The summed E-state index contributed by atoms with van der Waals surface area (Å²) in [5.74, 6) is 0. The Bertz CT molecular complexity index is 676. The van der Waals surface area contributed by atoms with Gasteiger partial charge >= 0.3 is 0 Å². The highest BCUT2D eigenvalue weighted by molar-refractivity contribution is 7.91. The van der Waals surface area contributed by atoms with Crippen LogP contribution >= 0.6 is 11.3 Å². The Morgan fingerprint density at radius 2 is 1.82 bits per heavy atom. The highest BCUT2D eigenvalue weighted by atomic mass is 32.2. The molecule has 0 amide bonds. The first-order chi connectivity index (χ1) is 10.6. The third-order valence-electron chi connectivity index (χ3n) is 4.07. The van der Waals surface area contributed by atoms with E-state index in [1.54, 1.807) is 17.5 Å². The molecule has 0 saturated carbocycles. The lowest BCUT2D eigenvalue weighted by Crippen LogP contribution is -3.12. The third kappa shape index (κ3) is 3.95. The van der Waals surface area contributed by atoms with Crippen molar-refractivity contribution in [3.63, 3.8) is 0 Å². The summed E-state index contributed by atoms with van der Waals surface area (Å²) in [5.41, 5.74) is 1.34. The van der Waals surface area contributed by atoms with Gasteiger partial charge in [0.05, 0.1) is 13.1 Å². The van der Waals surface area contributed by atoms with Crippen molar-refractivity contribution in [3.8, 4) is 0 Å². The van der Waals surface area contributed by atoms with Crippen LogP contribution in [0.25, 0.3) is 0 Å². The van der Waals surface area contributed by atoms with Gasteiger partial charge in [-0.15, -0.1) is 11.3 Å². The van der Waals surface area contributed by atoms with Crippen LogP contribution in [0.5, 0.6) is 0 Å². The monoisotopic (exact) mass is 337 g/mol. The van der Waals surface area contributed by atoms with E-state index in [2.05, 4.69) is 29.0 Å². The van der Waals surface area contributed by atoms with Gasteiger partial charge < -0.3 is 4.90 Å². The number of thiophene rings is 1. The van der Waals surface area contributed by atoms with Crippen LogP contribution in [0.4, 0.5) is 0 Å². The Hall–Kier alpha value is -1.21. The molecule has 118 valence electrons. The van der Waals surface area contributed by atoms with Crippen molar-refractivity contribution in [2.45, 2.75) is 29.6 Å². The van der Waals surface area contributed by atoms with Crippen LogP contribution < -0.4 is 9.62 Å². The van der Waals surface area contributed by atoms with E-state index in [1.807, 2.05) is 6.07 Å².